The lowest BCUT2D eigenvalue weighted by Gasteiger charge is -2.30. The van der Waals surface area contributed by atoms with Gasteiger partial charge in [-0.3, -0.25) is 4.79 Å². The molecule has 1 aromatic carbocycles. The average Bonchev–Trinajstić information content (AvgIpc) is 2.39. The molecule has 1 rings (SSSR count). The molecule has 0 unspecified atom stereocenters. The van der Waals surface area contributed by atoms with E-state index in [1.165, 1.54) is 0 Å². The highest BCUT2D eigenvalue weighted by Crippen LogP contribution is 2.17. The van der Waals surface area contributed by atoms with Crippen molar-refractivity contribution in [1.29, 1.82) is 0 Å². The molecule has 0 radical (unpaired) electrons. The Morgan fingerprint density at radius 1 is 1.39 bits per heavy atom. The van der Waals surface area contributed by atoms with Crippen molar-refractivity contribution in [3.8, 4) is 0 Å². The summed E-state index contributed by atoms with van der Waals surface area (Å²) in [5, 5.41) is 21.3. The standard InChI is InChI=1S/C13H20N2O3/c1-3-13(7-16,8-17)15-12(18)10-5-4-6-11(14)9(10)2/h4-6,16-17H,3,7-8,14H2,1-2H3,(H,15,18). The quantitative estimate of drug-likeness (QED) is 0.572. The molecule has 18 heavy (non-hydrogen) atoms. The van der Waals surface area contributed by atoms with E-state index in [1.54, 1.807) is 32.0 Å². The van der Waals surface area contributed by atoms with E-state index in [-0.39, 0.29) is 19.1 Å². The number of nitrogens with two attached hydrogens (primary N) is 1. The van der Waals surface area contributed by atoms with Crippen LogP contribution in [0.25, 0.3) is 0 Å². The number of aliphatic hydroxyl groups is 2. The topological polar surface area (TPSA) is 95.6 Å². The summed E-state index contributed by atoms with van der Waals surface area (Å²) < 4.78 is 0. The van der Waals surface area contributed by atoms with Gasteiger partial charge >= 0.3 is 0 Å². The van der Waals surface area contributed by atoms with Gasteiger partial charge in [0.1, 0.15) is 0 Å². The molecule has 5 heteroatoms. The molecule has 0 aliphatic carbocycles. The summed E-state index contributed by atoms with van der Waals surface area (Å²) in [6, 6.07) is 5.08. The van der Waals surface area contributed by atoms with Gasteiger partial charge in [0.2, 0.25) is 0 Å². The highest BCUT2D eigenvalue weighted by Gasteiger charge is 2.29. The van der Waals surface area contributed by atoms with Crippen LogP contribution in [0, 0.1) is 6.92 Å². The third-order valence-electron chi connectivity index (χ3n) is 3.28. The van der Waals surface area contributed by atoms with Gasteiger partial charge in [-0.2, -0.15) is 0 Å². The van der Waals surface area contributed by atoms with E-state index in [9.17, 15) is 15.0 Å². The van der Waals surface area contributed by atoms with E-state index >= 15 is 0 Å². The van der Waals surface area contributed by atoms with E-state index < -0.39 is 5.54 Å². The van der Waals surface area contributed by atoms with Gasteiger partial charge < -0.3 is 21.3 Å². The van der Waals surface area contributed by atoms with Gasteiger partial charge in [-0.25, -0.2) is 0 Å². The summed E-state index contributed by atoms with van der Waals surface area (Å²) in [7, 11) is 0. The second kappa shape index (κ2) is 5.84. The maximum absolute atomic E-state index is 12.1. The Balaban J connectivity index is 2.98. The number of carbonyl (C=O) groups is 1. The first-order chi connectivity index (χ1) is 8.49. The van der Waals surface area contributed by atoms with Crippen LogP contribution < -0.4 is 11.1 Å². The lowest BCUT2D eigenvalue weighted by molar-refractivity contribution is 0.0652. The zero-order chi connectivity index (χ0) is 13.8. The molecule has 0 fully saturated rings. The molecule has 0 atom stereocenters. The summed E-state index contributed by atoms with van der Waals surface area (Å²) in [5.74, 6) is -0.343. The minimum atomic E-state index is -0.992. The van der Waals surface area contributed by atoms with E-state index in [0.717, 1.165) is 0 Å². The number of hydrogen-bond acceptors (Lipinski definition) is 4. The molecule has 0 aromatic heterocycles. The SMILES string of the molecule is CCC(CO)(CO)NC(=O)c1cccc(N)c1C. The summed E-state index contributed by atoms with van der Waals surface area (Å²) in [4.78, 5) is 12.1. The first-order valence-electron chi connectivity index (χ1n) is 5.89. The van der Waals surface area contributed by atoms with Crippen molar-refractivity contribution in [2.45, 2.75) is 25.8 Å². The Labute approximate surface area is 107 Å². The van der Waals surface area contributed by atoms with Crippen LogP contribution in [-0.4, -0.2) is 34.9 Å². The van der Waals surface area contributed by atoms with Gasteiger partial charge in [-0.05, 0) is 31.0 Å². The molecule has 0 aliphatic heterocycles. The fourth-order valence-electron chi connectivity index (χ4n) is 1.65. The largest absolute Gasteiger partial charge is 0.398 e. The van der Waals surface area contributed by atoms with E-state index in [2.05, 4.69) is 5.32 Å². The zero-order valence-electron chi connectivity index (χ0n) is 10.7. The number of carbonyl (C=O) groups excluding carboxylic acids is 1. The fourth-order valence-corrected chi connectivity index (χ4v) is 1.65. The van der Waals surface area contributed by atoms with Crippen LogP contribution in [-0.2, 0) is 0 Å². The van der Waals surface area contributed by atoms with E-state index in [4.69, 9.17) is 5.73 Å². The van der Waals surface area contributed by atoms with Crippen molar-refractivity contribution < 1.29 is 15.0 Å². The van der Waals surface area contributed by atoms with Gasteiger partial charge in [0.05, 0.1) is 18.8 Å². The van der Waals surface area contributed by atoms with Crippen molar-refractivity contribution in [2.75, 3.05) is 18.9 Å². The normalized spacial score (nSPS) is 11.3. The summed E-state index contributed by atoms with van der Waals surface area (Å²) in [6.07, 6.45) is 0.438. The molecule has 0 aliphatic rings. The van der Waals surface area contributed by atoms with Crippen LogP contribution in [0.3, 0.4) is 0 Å². The molecule has 1 aromatic rings. The second-order valence-electron chi connectivity index (χ2n) is 4.42. The molecular formula is C13H20N2O3. The Bertz CT molecular complexity index is 420. The number of hydrogen-bond donors (Lipinski definition) is 4. The van der Waals surface area contributed by atoms with Gasteiger partial charge in [-0.15, -0.1) is 0 Å². The van der Waals surface area contributed by atoms with Gasteiger partial charge in [0.25, 0.3) is 5.91 Å². The number of aliphatic hydroxyl groups excluding tert-OH is 2. The second-order valence-corrected chi connectivity index (χ2v) is 4.42. The number of nitrogen functional groups attached to an aromatic ring is 1. The van der Waals surface area contributed by atoms with Crippen LogP contribution in [0.4, 0.5) is 5.69 Å². The van der Waals surface area contributed by atoms with Crippen LogP contribution in [0.15, 0.2) is 18.2 Å². The van der Waals surface area contributed by atoms with Crippen LogP contribution in [0.1, 0.15) is 29.3 Å². The molecule has 0 saturated heterocycles. The molecule has 5 N–H and O–H groups in total. The Morgan fingerprint density at radius 2 is 2.00 bits per heavy atom. The molecule has 100 valence electrons. The first kappa shape index (κ1) is 14.5. The van der Waals surface area contributed by atoms with Crippen molar-refractivity contribution in [3.63, 3.8) is 0 Å². The molecule has 0 spiro atoms. The Kier molecular flexibility index (Phi) is 4.69. The monoisotopic (exact) mass is 252 g/mol. The van der Waals surface area contributed by atoms with Crippen molar-refractivity contribution >= 4 is 11.6 Å². The van der Waals surface area contributed by atoms with Crippen LogP contribution in [0.5, 0.6) is 0 Å². The smallest absolute Gasteiger partial charge is 0.252 e. The maximum atomic E-state index is 12.1. The maximum Gasteiger partial charge on any atom is 0.252 e. The number of nitrogens with one attached hydrogen (secondary N) is 1. The lowest BCUT2D eigenvalue weighted by atomic mass is 9.97. The predicted molar refractivity (Wildman–Crippen MR) is 70.3 cm³/mol. The van der Waals surface area contributed by atoms with E-state index in [0.29, 0.717) is 23.2 Å². The van der Waals surface area contributed by atoms with Crippen molar-refractivity contribution in [3.05, 3.63) is 29.3 Å². The summed E-state index contributed by atoms with van der Waals surface area (Å²) in [6.45, 7) is 2.93. The highest BCUT2D eigenvalue weighted by molar-refractivity contribution is 5.97. The Hall–Kier alpha value is -1.59. The molecule has 0 saturated carbocycles. The molecule has 0 heterocycles. The molecular weight excluding hydrogens is 232 g/mol. The van der Waals surface area contributed by atoms with Crippen molar-refractivity contribution in [1.82, 2.24) is 5.32 Å². The molecule has 0 bridgehead atoms. The summed E-state index contributed by atoms with van der Waals surface area (Å²) in [5.41, 5.74) is 6.43. The van der Waals surface area contributed by atoms with Crippen LogP contribution >= 0.6 is 0 Å². The molecule has 5 nitrogen and oxygen atoms in total. The minimum absolute atomic E-state index is 0.312. The third kappa shape index (κ3) is 2.80. The number of benzene rings is 1. The van der Waals surface area contributed by atoms with Gasteiger partial charge in [0, 0.05) is 11.3 Å². The number of anilines is 1. The summed E-state index contributed by atoms with van der Waals surface area (Å²) >= 11 is 0. The predicted octanol–water partition coefficient (Wildman–Crippen LogP) is 0.440. The Morgan fingerprint density at radius 3 is 2.50 bits per heavy atom. The van der Waals surface area contributed by atoms with Crippen LogP contribution in [0.2, 0.25) is 0 Å². The number of amides is 1. The first-order valence-corrected chi connectivity index (χ1v) is 5.89. The van der Waals surface area contributed by atoms with Gasteiger partial charge in [0.15, 0.2) is 0 Å². The van der Waals surface area contributed by atoms with Gasteiger partial charge in [-0.1, -0.05) is 13.0 Å². The minimum Gasteiger partial charge on any atom is -0.398 e. The zero-order valence-corrected chi connectivity index (χ0v) is 10.7. The van der Waals surface area contributed by atoms with E-state index in [1.807, 2.05) is 0 Å². The number of rotatable bonds is 5. The average molecular weight is 252 g/mol. The van der Waals surface area contributed by atoms with Crippen molar-refractivity contribution in [2.24, 2.45) is 0 Å². The fraction of sp³-hybridized carbons (Fsp3) is 0.462. The highest BCUT2D eigenvalue weighted by atomic mass is 16.3. The molecule has 1 amide bonds. The lowest BCUT2D eigenvalue weighted by Crippen LogP contribution is -2.53. The third-order valence-corrected chi connectivity index (χ3v) is 3.28.